The lowest BCUT2D eigenvalue weighted by molar-refractivity contribution is -0.143. The molecule has 2 amide bonds. The van der Waals surface area contributed by atoms with Crippen LogP contribution in [0.15, 0.2) is 53.4 Å². The molecule has 0 aromatic heterocycles. The first kappa shape index (κ1) is 24.9. The Hall–Kier alpha value is -3.20. The van der Waals surface area contributed by atoms with Crippen LogP contribution >= 0.6 is 11.9 Å². The van der Waals surface area contributed by atoms with E-state index in [1.165, 1.54) is 0 Å². The second-order valence-corrected chi connectivity index (χ2v) is 10.2. The number of hydrogen-bond acceptors (Lipinski definition) is 5. The minimum atomic E-state index is -1.08. The van der Waals surface area contributed by atoms with Gasteiger partial charge in [-0.25, -0.2) is 0 Å². The summed E-state index contributed by atoms with van der Waals surface area (Å²) in [5, 5.41) is 16.1. The maximum absolute atomic E-state index is 13.8. The minimum absolute atomic E-state index is 0.0677. The van der Waals surface area contributed by atoms with Gasteiger partial charge in [0.2, 0.25) is 11.8 Å². The predicted octanol–water partition coefficient (Wildman–Crippen LogP) is 3.45. The fraction of sp³-hybridized carbons (Fsp3) is 0.385. The third kappa shape index (κ3) is 5.40. The number of nitrogens with two attached hydrogens (primary N) is 1. The van der Waals surface area contributed by atoms with Gasteiger partial charge in [-0.15, -0.1) is 0 Å². The Morgan fingerprint density at radius 3 is 2.54 bits per heavy atom. The number of rotatable bonds is 8. The van der Waals surface area contributed by atoms with Crippen LogP contribution in [0.1, 0.15) is 55.7 Å². The quantitative estimate of drug-likeness (QED) is 0.126. The van der Waals surface area contributed by atoms with Crippen molar-refractivity contribution in [2.75, 3.05) is 17.9 Å². The Kier molecular flexibility index (Phi) is 7.85. The molecule has 1 aliphatic carbocycles. The number of nitrogens with one attached hydrogen (secondary N) is 4. The fourth-order valence-electron chi connectivity index (χ4n) is 4.88. The molecule has 1 heterocycles. The number of carbonyl (C=O) groups is 2. The van der Waals surface area contributed by atoms with Crippen molar-refractivity contribution in [3.8, 4) is 0 Å². The molecule has 0 saturated heterocycles. The molecular formula is C26H33N6O2S. The highest BCUT2D eigenvalue weighted by molar-refractivity contribution is 8.00. The number of nitrogens with zero attached hydrogens (tertiary/aromatic N) is 1. The number of guanidine groups is 1. The van der Waals surface area contributed by atoms with Gasteiger partial charge < -0.3 is 26.0 Å². The van der Waals surface area contributed by atoms with Crippen LogP contribution in [0.4, 0.5) is 5.69 Å². The van der Waals surface area contributed by atoms with Gasteiger partial charge in [0.1, 0.15) is 5.41 Å². The maximum atomic E-state index is 13.8. The lowest BCUT2D eigenvalue weighted by atomic mass is 9.83. The molecule has 0 spiro atoms. The number of fused-ring (bicyclic) bond motifs is 2. The number of unbranched alkanes of at least 4 members (excludes halogenated alkanes) is 1. The molecule has 8 nitrogen and oxygen atoms in total. The average molecular weight is 494 g/mol. The first-order valence-electron chi connectivity index (χ1n) is 12.0. The van der Waals surface area contributed by atoms with E-state index < -0.39 is 5.41 Å². The third-order valence-corrected chi connectivity index (χ3v) is 7.77. The lowest BCUT2D eigenvalue weighted by Crippen LogP contribution is -2.50. The summed E-state index contributed by atoms with van der Waals surface area (Å²) in [6.07, 6.45) is 4.11. The Balaban J connectivity index is 1.53. The second kappa shape index (κ2) is 11.0. The van der Waals surface area contributed by atoms with Gasteiger partial charge in [-0.1, -0.05) is 49.2 Å². The first-order chi connectivity index (χ1) is 16.9. The van der Waals surface area contributed by atoms with Gasteiger partial charge in [-0.3, -0.25) is 15.0 Å². The van der Waals surface area contributed by atoms with Gasteiger partial charge in [-0.05, 0) is 55.3 Å². The summed E-state index contributed by atoms with van der Waals surface area (Å²) in [6.45, 7) is 2.26. The Morgan fingerprint density at radius 1 is 1.11 bits per heavy atom. The molecule has 4 rings (SSSR count). The van der Waals surface area contributed by atoms with Crippen molar-refractivity contribution in [1.29, 1.82) is 5.41 Å². The number of para-hydroxylation sites is 1. The van der Waals surface area contributed by atoms with Crippen LogP contribution in [0.3, 0.4) is 0 Å². The van der Waals surface area contributed by atoms with E-state index in [1.807, 2.05) is 43.4 Å². The van der Waals surface area contributed by atoms with E-state index >= 15 is 0 Å². The zero-order valence-corrected chi connectivity index (χ0v) is 20.8. The molecular weight excluding hydrogens is 460 g/mol. The zero-order chi connectivity index (χ0) is 24.8. The number of benzene rings is 2. The number of carbonyl (C=O) groups excluding carboxylic acids is 2. The van der Waals surface area contributed by atoms with E-state index in [1.54, 1.807) is 18.5 Å². The van der Waals surface area contributed by atoms with Crippen molar-refractivity contribution in [2.24, 2.45) is 11.1 Å². The third-order valence-electron chi connectivity index (χ3n) is 6.73. The zero-order valence-electron chi connectivity index (χ0n) is 20.0. The Bertz CT molecular complexity index is 1090. The van der Waals surface area contributed by atoms with Gasteiger partial charge in [0, 0.05) is 30.6 Å². The molecule has 6 N–H and O–H groups in total. The van der Waals surface area contributed by atoms with Crippen LogP contribution in [0.5, 0.6) is 0 Å². The van der Waals surface area contributed by atoms with Crippen molar-refractivity contribution in [2.45, 2.75) is 49.5 Å². The number of hydrogen-bond donors (Lipinski definition) is 5. The van der Waals surface area contributed by atoms with E-state index in [4.69, 9.17) is 11.1 Å². The van der Waals surface area contributed by atoms with E-state index in [-0.39, 0.29) is 23.8 Å². The van der Waals surface area contributed by atoms with Gasteiger partial charge in [0.05, 0.1) is 11.7 Å². The van der Waals surface area contributed by atoms with Crippen LogP contribution in [-0.4, -0.2) is 31.4 Å². The molecule has 1 fully saturated rings. The molecule has 1 radical (unpaired) electrons. The summed E-state index contributed by atoms with van der Waals surface area (Å²) in [7, 11) is 2.03. The predicted molar refractivity (Wildman–Crippen MR) is 140 cm³/mol. The lowest BCUT2D eigenvalue weighted by Gasteiger charge is -2.30. The molecule has 185 valence electrons. The summed E-state index contributed by atoms with van der Waals surface area (Å²) >= 11 is 1.63. The van der Waals surface area contributed by atoms with Crippen molar-refractivity contribution in [3.05, 3.63) is 66.2 Å². The van der Waals surface area contributed by atoms with Crippen molar-refractivity contribution < 1.29 is 9.59 Å². The van der Waals surface area contributed by atoms with E-state index in [9.17, 15) is 9.59 Å². The molecule has 1 saturated carbocycles. The van der Waals surface area contributed by atoms with Crippen LogP contribution in [-0.2, 0) is 9.59 Å². The number of amides is 2. The van der Waals surface area contributed by atoms with Crippen molar-refractivity contribution >= 4 is 35.4 Å². The van der Waals surface area contributed by atoms with E-state index in [2.05, 4.69) is 32.4 Å². The normalized spacial score (nSPS) is 18.1. The molecule has 0 bridgehead atoms. The molecule has 0 unspecified atom stereocenters. The maximum Gasteiger partial charge on any atom is 0.236 e. The molecule has 2 aliphatic rings. The van der Waals surface area contributed by atoms with Crippen molar-refractivity contribution in [3.63, 3.8) is 0 Å². The summed E-state index contributed by atoms with van der Waals surface area (Å²) in [5.41, 5.74) is 7.29. The number of anilines is 1. The highest BCUT2D eigenvalue weighted by Gasteiger charge is 2.48. The minimum Gasteiger partial charge on any atom is -0.370 e. The highest BCUT2D eigenvalue weighted by atomic mass is 32.2. The summed E-state index contributed by atoms with van der Waals surface area (Å²) in [6, 6.07) is 15.8. The molecule has 2 aromatic rings. The average Bonchev–Trinajstić information content (AvgIpc) is 3.32. The first-order valence-corrected chi connectivity index (χ1v) is 12.8. The van der Waals surface area contributed by atoms with E-state index in [0.29, 0.717) is 25.8 Å². The molecule has 2 aromatic carbocycles. The highest BCUT2D eigenvalue weighted by Crippen LogP contribution is 2.44. The second-order valence-electron chi connectivity index (χ2n) is 9.04. The molecule has 1 atom stereocenters. The van der Waals surface area contributed by atoms with Gasteiger partial charge in [0.15, 0.2) is 5.96 Å². The fourth-order valence-corrected chi connectivity index (χ4v) is 5.87. The molecule has 9 heteroatoms. The smallest absolute Gasteiger partial charge is 0.236 e. The summed E-state index contributed by atoms with van der Waals surface area (Å²) < 4.78 is 2.12. The monoisotopic (exact) mass is 493 g/mol. The van der Waals surface area contributed by atoms with E-state index in [0.717, 1.165) is 41.0 Å². The Morgan fingerprint density at radius 2 is 1.80 bits per heavy atom. The standard InChI is InChI=1S/C26H33N6O2S/c1-32-20-12-4-2-10-18(20)22(19-11-3-5-13-21(19)35-32)31-24(34)26(14-6-7-15-26)23(33)29-16-8-9-17-30-25(27)28/h2-5,10-13,16,22H,6-9,14-15,17H2,1H3,(H,29,33)(H,31,34)(H4,27,28,30)/t22-/m1/s1. The SMILES string of the molecule is CN1Sc2ccccc2[C@H](NC(=O)C2(C(=O)N[CH]CCCNC(=N)N)CCCC2)c2ccccc21. The van der Waals surface area contributed by atoms with Crippen LogP contribution in [0.25, 0.3) is 0 Å². The Labute approximate surface area is 211 Å². The van der Waals surface area contributed by atoms with Gasteiger partial charge >= 0.3 is 0 Å². The summed E-state index contributed by atoms with van der Waals surface area (Å²) in [4.78, 5) is 28.2. The molecule has 1 aliphatic heterocycles. The largest absolute Gasteiger partial charge is 0.370 e. The molecule has 35 heavy (non-hydrogen) atoms. The van der Waals surface area contributed by atoms with Gasteiger partial charge in [0.25, 0.3) is 0 Å². The van der Waals surface area contributed by atoms with Gasteiger partial charge in [-0.2, -0.15) is 0 Å². The van der Waals surface area contributed by atoms with Crippen LogP contribution in [0.2, 0.25) is 0 Å². The van der Waals surface area contributed by atoms with Crippen molar-refractivity contribution in [1.82, 2.24) is 16.0 Å². The summed E-state index contributed by atoms with van der Waals surface area (Å²) in [5.74, 6) is -0.529. The topological polar surface area (TPSA) is 123 Å². The van der Waals surface area contributed by atoms with Crippen LogP contribution < -0.4 is 26.0 Å². The van der Waals surface area contributed by atoms with Crippen LogP contribution in [0, 0.1) is 17.4 Å².